The molecular formula is C10H22N4O. The van der Waals surface area contributed by atoms with Crippen LogP contribution in [-0.2, 0) is 4.79 Å². The minimum absolute atomic E-state index is 0.0213. The summed E-state index contributed by atoms with van der Waals surface area (Å²) in [5.74, 6) is 0.768. The fourth-order valence-electron chi connectivity index (χ4n) is 0.993. The van der Waals surface area contributed by atoms with Gasteiger partial charge in [-0.3, -0.25) is 9.79 Å². The van der Waals surface area contributed by atoms with E-state index in [2.05, 4.69) is 34.8 Å². The third-order valence-corrected chi connectivity index (χ3v) is 1.53. The van der Waals surface area contributed by atoms with E-state index in [-0.39, 0.29) is 5.91 Å². The second-order valence-corrected chi connectivity index (χ2v) is 3.54. The van der Waals surface area contributed by atoms with Crippen LogP contribution in [0, 0.1) is 0 Å². The summed E-state index contributed by atoms with van der Waals surface area (Å²) in [7, 11) is 0. The number of nitrogens with zero attached hydrogens (tertiary/aromatic N) is 1. The van der Waals surface area contributed by atoms with Crippen LogP contribution in [0.4, 0.5) is 0 Å². The van der Waals surface area contributed by atoms with Gasteiger partial charge in [-0.25, -0.2) is 0 Å². The monoisotopic (exact) mass is 214 g/mol. The zero-order valence-corrected chi connectivity index (χ0v) is 10.1. The Kier molecular flexibility index (Phi) is 7.40. The highest BCUT2D eigenvalue weighted by molar-refractivity contribution is 5.80. The Balaban J connectivity index is 3.88. The van der Waals surface area contributed by atoms with E-state index < -0.39 is 0 Å². The molecule has 0 fully saturated rings. The van der Waals surface area contributed by atoms with Gasteiger partial charge in [0.05, 0.1) is 6.54 Å². The Morgan fingerprint density at radius 2 is 2.00 bits per heavy atom. The van der Waals surface area contributed by atoms with Crippen molar-refractivity contribution < 1.29 is 4.79 Å². The average Bonchev–Trinajstić information content (AvgIpc) is 2.11. The third kappa shape index (κ3) is 9.05. The van der Waals surface area contributed by atoms with E-state index in [1.54, 1.807) is 0 Å². The summed E-state index contributed by atoms with van der Waals surface area (Å²) in [6.07, 6.45) is 0. The molecule has 0 aromatic rings. The Morgan fingerprint density at radius 3 is 2.47 bits per heavy atom. The predicted molar refractivity (Wildman–Crippen MR) is 62.9 cm³/mol. The molecule has 0 aromatic carbocycles. The first-order valence-corrected chi connectivity index (χ1v) is 5.35. The van der Waals surface area contributed by atoms with Crippen LogP contribution in [0.3, 0.4) is 0 Å². The van der Waals surface area contributed by atoms with Gasteiger partial charge >= 0.3 is 0 Å². The molecule has 0 aliphatic carbocycles. The zero-order valence-electron chi connectivity index (χ0n) is 10.1. The van der Waals surface area contributed by atoms with Crippen molar-refractivity contribution in [3.63, 3.8) is 0 Å². The van der Waals surface area contributed by atoms with Crippen LogP contribution < -0.4 is 16.0 Å². The van der Waals surface area contributed by atoms with Gasteiger partial charge in [-0.05, 0) is 20.8 Å². The van der Waals surface area contributed by atoms with Crippen molar-refractivity contribution >= 4 is 11.9 Å². The van der Waals surface area contributed by atoms with Crippen LogP contribution >= 0.6 is 0 Å². The highest BCUT2D eigenvalue weighted by Gasteiger charge is 1.98. The fraction of sp³-hybridized carbons (Fsp3) is 0.800. The molecule has 0 saturated carbocycles. The van der Waals surface area contributed by atoms with Crippen LogP contribution in [0.15, 0.2) is 4.99 Å². The first-order chi connectivity index (χ1) is 7.06. The van der Waals surface area contributed by atoms with Crippen molar-refractivity contribution in [1.82, 2.24) is 16.0 Å². The van der Waals surface area contributed by atoms with Crippen molar-refractivity contribution in [2.45, 2.75) is 33.7 Å². The first-order valence-electron chi connectivity index (χ1n) is 5.35. The molecule has 15 heavy (non-hydrogen) atoms. The van der Waals surface area contributed by atoms with Crippen molar-refractivity contribution in [2.75, 3.05) is 19.6 Å². The quantitative estimate of drug-likeness (QED) is 0.345. The second kappa shape index (κ2) is 8.08. The van der Waals surface area contributed by atoms with Crippen LogP contribution in [0.2, 0.25) is 0 Å². The molecular weight excluding hydrogens is 192 g/mol. The van der Waals surface area contributed by atoms with Gasteiger partial charge in [0.1, 0.15) is 0 Å². The van der Waals surface area contributed by atoms with E-state index in [1.165, 1.54) is 6.92 Å². The summed E-state index contributed by atoms with van der Waals surface area (Å²) in [5.41, 5.74) is 0. The predicted octanol–water partition coefficient (Wildman–Crippen LogP) is 0.0860. The number of guanidine groups is 1. The summed E-state index contributed by atoms with van der Waals surface area (Å²) in [5, 5.41) is 9.02. The molecule has 0 spiro atoms. The van der Waals surface area contributed by atoms with Crippen LogP contribution in [-0.4, -0.2) is 37.5 Å². The minimum atomic E-state index is -0.0213. The van der Waals surface area contributed by atoms with Crippen molar-refractivity contribution in [2.24, 2.45) is 4.99 Å². The van der Waals surface area contributed by atoms with Gasteiger partial charge in [0, 0.05) is 26.1 Å². The number of hydrogen-bond donors (Lipinski definition) is 3. The molecule has 0 rings (SSSR count). The normalized spacial score (nSPS) is 11.4. The topological polar surface area (TPSA) is 65.5 Å². The number of carbonyl (C=O) groups excluding carboxylic acids is 1. The third-order valence-electron chi connectivity index (χ3n) is 1.53. The second-order valence-electron chi connectivity index (χ2n) is 3.54. The Morgan fingerprint density at radius 1 is 1.33 bits per heavy atom. The standard InChI is InChI=1S/C10H22N4O/c1-5-11-10(14-8(2)3)13-7-6-12-9(4)15/h8H,5-7H2,1-4H3,(H,12,15)(H2,11,13,14). The molecule has 0 aliphatic rings. The lowest BCUT2D eigenvalue weighted by atomic mass is 10.4. The van der Waals surface area contributed by atoms with E-state index in [1.807, 2.05) is 6.92 Å². The Hall–Kier alpha value is -1.26. The number of amides is 1. The molecule has 0 aromatic heterocycles. The molecule has 3 N–H and O–H groups in total. The Labute approximate surface area is 91.7 Å². The van der Waals surface area contributed by atoms with Gasteiger partial charge < -0.3 is 16.0 Å². The molecule has 0 aliphatic heterocycles. The number of carbonyl (C=O) groups is 1. The van der Waals surface area contributed by atoms with E-state index in [4.69, 9.17) is 0 Å². The number of rotatable bonds is 5. The van der Waals surface area contributed by atoms with Crippen LogP contribution in [0.25, 0.3) is 0 Å². The van der Waals surface area contributed by atoms with E-state index in [0.717, 1.165) is 12.5 Å². The maximum atomic E-state index is 10.6. The lowest BCUT2D eigenvalue weighted by Crippen LogP contribution is -2.41. The smallest absolute Gasteiger partial charge is 0.216 e. The number of nitrogens with one attached hydrogen (secondary N) is 3. The zero-order chi connectivity index (χ0) is 11.7. The lowest BCUT2D eigenvalue weighted by molar-refractivity contribution is -0.118. The Bertz CT molecular complexity index is 213. The van der Waals surface area contributed by atoms with Gasteiger partial charge in [0.15, 0.2) is 5.96 Å². The molecule has 1 amide bonds. The van der Waals surface area contributed by atoms with Crippen LogP contribution in [0.1, 0.15) is 27.7 Å². The maximum absolute atomic E-state index is 10.6. The summed E-state index contributed by atoms with van der Waals surface area (Å²) >= 11 is 0. The molecule has 5 heteroatoms. The molecule has 0 unspecified atom stereocenters. The first kappa shape index (κ1) is 13.7. The van der Waals surface area contributed by atoms with E-state index >= 15 is 0 Å². The van der Waals surface area contributed by atoms with Crippen molar-refractivity contribution in [3.05, 3.63) is 0 Å². The molecule has 0 atom stereocenters. The van der Waals surface area contributed by atoms with E-state index in [9.17, 15) is 4.79 Å². The molecule has 0 heterocycles. The van der Waals surface area contributed by atoms with Gasteiger partial charge in [0.2, 0.25) is 5.91 Å². The summed E-state index contributed by atoms with van der Waals surface area (Å²) in [6, 6.07) is 0.351. The summed E-state index contributed by atoms with van der Waals surface area (Å²) < 4.78 is 0. The van der Waals surface area contributed by atoms with Crippen molar-refractivity contribution in [3.8, 4) is 0 Å². The highest BCUT2D eigenvalue weighted by atomic mass is 16.1. The molecule has 0 bridgehead atoms. The van der Waals surface area contributed by atoms with Gasteiger partial charge in [-0.1, -0.05) is 0 Å². The number of aliphatic imine (C=N–C) groups is 1. The average molecular weight is 214 g/mol. The number of hydrogen-bond acceptors (Lipinski definition) is 2. The minimum Gasteiger partial charge on any atom is -0.357 e. The van der Waals surface area contributed by atoms with Gasteiger partial charge in [0.25, 0.3) is 0 Å². The molecule has 88 valence electrons. The molecule has 5 nitrogen and oxygen atoms in total. The largest absolute Gasteiger partial charge is 0.357 e. The summed E-state index contributed by atoms with van der Waals surface area (Å²) in [6.45, 7) is 9.62. The highest BCUT2D eigenvalue weighted by Crippen LogP contribution is 1.79. The summed E-state index contributed by atoms with van der Waals surface area (Å²) in [4.78, 5) is 14.9. The van der Waals surface area contributed by atoms with Gasteiger partial charge in [-0.2, -0.15) is 0 Å². The SMILES string of the molecule is CCNC(=NCCNC(C)=O)NC(C)C. The van der Waals surface area contributed by atoms with Gasteiger partial charge in [-0.15, -0.1) is 0 Å². The fourth-order valence-corrected chi connectivity index (χ4v) is 0.993. The molecule has 0 radical (unpaired) electrons. The maximum Gasteiger partial charge on any atom is 0.216 e. The van der Waals surface area contributed by atoms with Crippen LogP contribution in [0.5, 0.6) is 0 Å². The van der Waals surface area contributed by atoms with Crippen molar-refractivity contribution in [1.29, 1.82) is 0 Å². The molecule has 0 saturated heterocycles. The van der Waals surface area contributed by atoms with E-state index in [0.29, 0.717) is 19.1 Å². The lowest BCUT2D eigenvalue weighted by Gasteiger charge is -2.13.